The van der Waals surface area contributed by atoms with E-state index < -0.39 is 0 Å². The summed E-state index contributed by atoms with van der Waals surface area (Å²) < 4.78 is 5.70. The van der Waals surface area contributed by atoms with E-state index in [4.69, 9.17) is 4.74 Å². The first-order chi connectivity index (χ1) is 11.1. The van der Waals surface area contributed by atoms with Gasteiger partial charge in [0.25, 0.3) is 0 Å². The topological polar surface area (TPSA) is 58.6 Å². The minimum Gasteiger partial charge on any atom is -0.368 e. The molecule has 1 aliphatic carbocycles. The second kappa shape index (κ2) is 9.91. The van der Waals surface area contributed by atoms with Gasteiger partial charge in [0.2, 0.25) is 11.8 Å². The molecule has 0 bridgehead atoms. The smallest absolute Gasteiger partial charge is 0.246 e. The number of likely N-dealkylation sites (tertiary alicyclic amines) is 1. The second-order valence-electron chi connectivity index (χ2n) is 7.10. The zero-order valence-electron chi connectivity index (χ0n) is 14.5. The standard InChI is InChI=1S/C18H32N2O3/c1-15-7-6-8-16(13-15)23-14-17(21)19-10-9-18(22)20-11-4-2-3-5-12-20/h15-16H,2-14H2,1H3,(H,19,21)/t15-,16-/m1/s1. The van der Waals surface area contributed by atoms with Gasteiger partial charge in [0.1, 0.15) is 6.61 Å². The van der Waals surface area contributed by atoms with Crippen molar-refractivity contribution in [2.75, 3.05) is 26.2 Å². The van der Waals surface area contributed by atoms with E-state index in [9.17, 15) is 9.59 Å². The highest BCUT2D eigenvalue weighted by Gasteiger charge is 2.20. The maximum Gasteiger partial charge on any atom is 0.246 e. The largest absolute Gasteiger partial charge is 0.368 e. The van der Waals surface area contributed by atoms with Gasteiger partial charge in [0, 0.05) is 26.1 Å². The van der Waals surface area contributed by atoms with Crippen LogP contribution in [0.1, 0.15) is 64.7 Å². The first kappa shape index (κ1) is 18.2. The van der Waals surface area contributed by atoms with Gasteiger partial charge in [0.15, 0.2) is 0 Å². The Hall–Kier alpha value is -1.10. The van der Waals surface area contributed by atoms with Gasteiger partial charge in [-0.2, -0.15) is 0 Å². The van der Waals surface area contributed by atoms with Gasteiger partial charge >= 0.3 is 0 Å². The van der Waals surface area contributed by atoms with Crippen molar-refractivity contribution in [1.29, 1.82) is 0 Å². The third-order valence-electron chi connectivity index (χ3n) is 4.96. The number of nitrogens with one attached hydrogen (secondary N) is 1. The highest BCUT2D eigenvalue weighted by atomic mass is 16.5. The number of carbonyl (C=O) groups is 2. The van der Waals surface area contributed by atoms with Crippen molar-refractivity contribution in [2.45, 2.75) is 70.8 Å². The molecular weight excluding hydrogens is 292 g/mol. The first-order valence-electron chi connectivity index (χ1n) is 9.31. The fourth-order valence-corrected chi connectivity index (χ4v) is 3.56. The molecule has 1 saturated heterocycles. The Balaban J connectivity index is 1.56. The third kappa shape index (κ3) is 6.90. The van der Waals surface area contributed by atoms with Gasteiger partial charge in [-0.1, -0.05) is 32.6 Å². The number of nitrogens with zero attached hydrogens (tertiary/aromatic N) is 1. The quantitative estimate of drug-likeness (QED) is 0.816. The number of carbonyl (C=O) groups excluding carboxylic acids is 2. The molecule has 5 nitrogen and oxygen atoms in total. The maximum absolute atomic E-state index is 12.1. The van der Waals surface area contributed by atoms with Crippen LogP contribution in [0.25, 0.3) is 0 Å². The summed E-state index contributed by atoms with van der Waals surface area (Å²) in [6, 6.07) is 0. The molecule has 0 spiro atoms. The zero-order chi connectivity index (χ0) is 16.5. The van der Waals surface area contributed by atoms with Crippen LogP contribution in [0, 0.1) is 5.92 Å². The number of rotatable bonds is 6. The van der Waals surface area contributed by atoms with Gasteiger partial charge in [-0.05, 0) is 31.6 Å². The van der Waals surface area contributed by atoms with Gasteiger partial charge in [-0.3, -0.25) is 9.59 Å². The second-order valence-corrected chi connectivity index (χ2v) is 7.10. The van der Waals surface area contributed by atoms with Crippen LogP contribution in [0.2, 0.25) is 0 Å². The van der Waals surface area contributed by atoms with E-state index in [1.54, 1.807) is 0 Å². The van der Waals surface area contributed by atoms with Crippen LogP contribution in [0.3, 0.4) is 0 Å². The van der Waals surface area contributed by atoms with Crippen LogP contribution in [-0.2, 0) is 14.3 Å². The monoisotopic (exact) mass is 324 g/mol. The van der Waals surface area contributed by atoms with Gasteiger partial charge in [-0.25, -0.2) is 0 Å². The molecule has 23 heavy (non-hydrogen) atoms. The summed E-state index contributed by atoms with van der Waals surface area (Å²) in [4.78, 5) is 25.9. The Morgan fingerprint density at radius 2 is 1.83 bits per heavy atom. The Labute approximate surface area is 140 Å². The molecule has 2 amide bonds. The summed E-state index contributed by atoms with van der Waals surface area (Å²) >= 11 is 0. The summed E-state index contributed by atoms with van der Waals surface area (Å²) in [7, 11) is 0. The van der Waals surface area contributed by atoms with Crippen LogP contribution in [0.4, 0.5) is 0 Å². The summed E-state index contributed by atoms with van der Waals surface area (Å²) in [5.41, 5.74) is 0. The molecule has 5 heteroatoms. The van der Waals surface area contributed by atoms with Crippen LogP contribution in [-0.4, -0.2) is 49.1 Å². The van der Waals surface area contributed by atoms with E-state index in [0.717, 1.165) is 38.8 Å². The van der Waals surface area contributed by atoms with Crippen molar-refractivity contribution in [1.82, 2.24) is 10.2 Å². The lowest BCUT2D eigenvalue weighted by molar-refractivity contribution is -0.131. The van der Waals surface area contributed by atoms with Gasteiger partial charge in [0.05, 0.1) is 6.10 Å². The lowest BCUT2D eigenvalue weighted by atomic mass is 9.89. The molecule has 2 fully saturated rings. The average molecular weight is 324 g/mol. The minimum absolute atomic E-state index is 0.105. The van der Waals surface area contributed by atoms with Crippen LogP contribution in [0.5, 0.6) is 0 Å². The SMILES string of the molecule is C[C@@H]1CCC[C@@H](OCC(=O)NCCC(=O)N2CCCCCC2)C1. The summed E-state index contributed by atoms with van der Waals surface area (Å²) in [6.45, 7) is 4.52. The van der Waals surface area contributed by atoms with E-state index in [2.05, 4.69) is 12.2 Å². The Kier molecular flexibility index (Phi) is 7.86. The molecule has 0 unspecified atom stereocenters. The first-order valence-corrected chi connectivity index (χ1v) is 9.31. The van der Waals surface area contributed by atoms with Crippen molar-refractivity contribution in [3.05, 3.63) is 0 Å². The van der Waals surface area contributed by atoms with Crippen molar-refractivity contribution in [2.24, 2.45) is 5.92 Å². The molecular formula is C18H32N2O3. The van der Waals surface area contributed by atoms with Crippen molar-refractivity contribution >= 4 is 11.8 Å². The Morgan fingerprint density at radius 3 is 2.52 bits per heavy atom. The minimum atomic E-state index is -0.105. The number of hydrogen-bond acceptors (Lipinski definition) is 3. The fraction of sp³-hybridized carbons (Fsp3) is 0.889. The fourth-order valence-electron chi connectivity index (χ4n) is 3.56. The van der Waals surface area contributed by atoms with Gasteiger partial charge in [-0.15, -0.1) is 0 Å². The molecule has 1 N–H and O–H groups in total. The molecule has 2 aliphatic rings. The molecule has 0 aromatic rings. The van der Waals surface area contributed by atoms with Crippen LogP contribution < -0.4 is 5.32 Å². The number of amides is 2. The van der Waals surface area contributed by atoms with Crippen molar-refractivity contribution in [3.63, 3.8) is 0 Å². The molecule has 1 aliphatic heterocycles. The maximum atomic E-state index is 12.1. The van der Waals surface area contributed by atoms with Crippen molar-refractivity contribution < 1.29 is 14.3 Å². The van der Waals surface area contributed by atoms with E-state index in [1.807, 2.05) is 4.90 Å². The van der Waals surface area contributed by atoms with E-state index >= 15 is 0 Å². The molecule has 2 rings (SSSR count). The lowest BCUT2D eigenvalue weighted by Gasteiger charge is -2.26. The van der Waals surface area contributed by atoms with Crippen LogP contribution >= 0.6 is 0 Å². The predicted octanol–water partition coefficient (Wildman–Crippen LogP) is 2.49. The number of ether oxygens (including phenoxy) is 1. The zero-order valence-corrected chi connectivity index (χ0v) is 14.5. The molecule has 1 saturated carbocycles. The Morgan fingerprint density at radius 1 is 1.09 bits per heavy atom. The molecule has 0 aromatic heterocycles. The highest BCUT2D eigenvalue weighted by molar-refractivity contribution is 5.79. The summed E-state index contributed by atoms with van der Waals surface area (Å²) in [6.07, 6.45) is 9.84. The third-order valence-corrected chi connectivity index (χ3v) is 4.96. The average Bonchev–Trinajstić information content (AvgIpc) is 2.82. The highest BCUT2D eigenvalue weighted by Crippen LogP contribution is 2.25. The van der Waals surface area contributed by atoms with E-state index in [0.29, 0.717) is 18.9 Å². The van der Waals surface area contributed by atoms with Crippen LogP contribution in [0.15, 0.2) is 0 Å². The van der Waals surface area contributed by atoms with Gasteiger partial charge < -0.3 is 15.0 Å². The lowest BCUT2D eigenvalue weighted by Crippen LogP contribution is -2.36. The normalized spacial score (nSPS) is 25.7. The molecule has 1 heterocycles. The molecule has 0 aromatic carbocycles. The summed E-state index contributed by atoms with van der Waals surface area (Å²) in [5, 5.41) is 2.81. The molecule has 2 atom stereocenters. The Bertz CT molecular complexity index is 378. The van der Waals surface area contributed by atoms with E-state index in [1.165, 1.54) is 25.7 Å². The number of hydrogen-bond donors (Lipinski definition) is 1. The molecule has 0 radical (unpaired) electrons. The van der Waals surface area contributed by atoms with E-state index in [-0.39, 0.29) is 24.5 Å². The predicted molar refractivity (Wildman–Crippen MR) is 90.0 cm³/mol. The summed E-state index contributed by atoms with van der Waals surface area (Å²) in [5.74, 6) is 0.754. The molecule has 132 valence electrons. The van der Waals surface area contributed by atoms with Crippen molar-refractivity contribution in [3.8, 4) is 0 Å².